The molecule has 2 heterocycles. The van der Waals surface area contributed by atoms with Gasteiger partial charge in [0.05, 0.1) is 9.80 Å². The van der Waals surface area contributed by atoms with Crippen LogP contribution in [0.2, 0.25) is 5.02 Å². The van der Waals surface area contributed by atoms with Gasteiger partial charge in [0, 0.05) is 17.6 Å². The van der Waals surface area contributed by atoms with Gasteiger partial charge >= 0.3 is 5.00 Å². The van der Waals surface area contributed by atoms with Gasteiger partial charge in [-0.2, -0.15) is 0 Å². The van der Waals surface area contributed by atoms with Crippen LogP contribution in [0.25, 0.3) is 10.7 Å². The number of carbonyl (C=O) groups is 1. The highest BCUT2D eigenvalue weighted by molar-refractivity contribution is 7.18. The lowest BCUT2D eigenvalue weighted by Crippen LogP contribution is -2.26. The maximum Gasteiger partial charge on any atom is 0.324 e. The number of halogens is 1. The van der Waals surface area contributed by atoms with Crippen molar-refractivity contribution in [2.75, 3.05) is 0 Å². The second kappa shape index (κ2) is 7.79. The van der Waals surface area contributed by atoms with E-state index in [0.29, 0.717) is 5.02 Å². The van der Waals surface area contributed by atoms with Crippen LogP contribution in [0.5, 0.6) is 5.75 Å². The number of benzene rings is 1. The van der Waals surface area contributed by atoms with E-state index in [0.717, 1.165) is 22.5 Å². The third kappa shape index (κ3) is 4.02. The normalized spacial score (nSPS) is 10.6. The number of thiophene rings is 1. The molecule has 9 nitrogen and oxygen atoms in total. The van der Waals surface area contributed by atoms with Crippen molar-refractivity contribution in [3.8, 4) is 16.5 Å². The number of hydrogen-bond acceptors (Lipinski definition) is 7. The van der Waals surface area contributed by atoms with Gasteiger partial charge in [0.1, 0.15) is 0 Å². The molecule has 1 amide bonds. The first-order chi connectivity index (χ1) is 13.3. The number of aryl methyl sites for hydroxylation is 1. The summed E-state index contributed by atoms with van der Waals surface area (Å²) in [5.41, 5.74) is 0.209. The van der Waals surface area contributed by atoms with Gasteiger partial charge in [-0.05, 0) is 30.2 Å². The lowest BCUT2D eigenvalue weighted by molar-refractivity contribution is -0.380. The Balaban J connectivity index is 1.86. The Kier molecular flexibility index (Phi) is 5.43. The highest BCUT2D eigenvalue weighted by Gasteiger charge is 2.20. The molecule has 2 aromatic heterocycles. The van der Waals surface area contributed by atoms with Gasteiger partial charge in [-0.3, -0.25) is 19.7 Å². The summed E-state index contributed by atoms with van der Waals surface area (Å²) in [6.45, 7) is 1.95. The van der Waals surface area contributed by atoms with Crippen molar-refractivity contribution < 1.29 is 14.8 Å². The Hall–Kier alpha value is -3.24. The van der Waals surface area contributed by atoms with E-state index < -0.39 is 27.8 Å². The van der Waals surface area contributed by atoms with Crippen molar-refractivity contribution in [2.24, 2.45) is 0 Å². The third-order valence-electron chi connectivity index (χ3n) is 3.80. The summed E-state index contributed by atoms with van der Waals surface area (Å²) in [4.78, 5) is 41.2. The maximum absolute atomic E-state index is 12.4. The first kappa shape index (κ1) is 19.5. The van der Waals surface area contributed by atoms with E-state index in [9.17, 15) is 24.8 Å². The Morgan fingerprint density at radius 2 is 2.14 bits per heavy atom. The summed E-state index contributed by atoms with van der Waals surface area (Å²) in [5.74, 6) is -1.66. The average Bonchev–Trinajstić information content (AvgIpc) is 3.15. The molecule has 0 aliphatic rings. The fraction of sp³-hybridized carbons (Fsp3) is 0.118. The van der Waals surface area contributed by atoms with Gasteiger partial charge in [-0.25, -0.2) is 4.98 Å². The van der Waals surface area contributed by atoms with Gasteiger partial charge in [-0.15, -0.1) is 0 Å². The van der Waals surface area contributed by atoms with E-state index in [2.05, 4.69) is 15.3 Å². The van der Waals surface area contributed by atoms with Crippen LogP contribution >= 0.6 is 22.9 Å². The molecule has 144 valence electrons. The molecule has 0 saturated heterocycles. The number of nitro groups is 1. The Morgan fingerprint density at radius 3 is 2.79 bits per heavy atom. The molecule has 0 fully saturated rings. The quantitative estimate of drug-likeness (QED) is 0.428. The molecule has 1 aromatic carbocycles. The molecule has 3 N–H and O–H groups in total. The van der Waals surface area contributed by atoms with Crippen molar-refractivity contribution >= 4 is 33.8 Å². The van der Waals surface area contributed by atoms with Gasteiger partial charge in [0.15, 0.2) is 11.5 Å². The standard InChI is InChI=1S/C17H13ClN4O5S/c1-8-2-3-9(6-10(8)18)7-19-16(24)13-14(23)17(25)21-15(20-13)11-4-5-12(28-11)22(26)27/h2-6,23H,7H2,1H3,(H,19,24)(H,20,21,25). The van der Waals surface area contributed by atoms with Crippen molar-refractivity contribution in [1.82, 2.24) is 15.3 Å². The predicted molar refractivity (Wildman–Crippen MR) is 104 cm³/mol. The van der Waals surface area contributed by atoms with E-state index in [-0.39, 0.29) is 22.2 Å². The lowest BCUT2D eigenvalue weighted by atomic mass is 10.1. The zero-order valence-corrected chi connectivity index (χ0v) is 15.9. The van der Waals surface area contributed by atoms with Crippen LogP contribution in [0.15, 0.2) is 35.1 Å². The Morgan fingerprint density at radius 1 is 1.39 bits per heavy atom. The van der Waals surface area contributed by atoms with Crippen molar-refractivity contribution in [3.63, 3.8) is 0 Å². The molecule has 3 rings (SSSR count). The van der Waals surface area contributed by atoms with Crippen LogP contribution in [0, 0.1) is 17.0 Å². The number of nitrogens with one attached hydrogen (secondary N) is 2. The maximum atomic E-state index is 12.4. The summed E-state index contributed by atoms with van der Waals surface area (Å²) in [5, 5.41) is 23.7. The monoisotopic (exact) mass is 420 g/mol. The predicted octanol–water partition coefficient (Wildman–Crippen LogP) is 3.00. The van der Waals surface area contributed by atoms with E-state index >= 15 is 0 Å². The SMILES string of the molecule is Cc1ccc(CNC(=O)c2nc(-c3ccc([N+](=O)[O-])s3)[nH]c(=O)c2O)cc1Cl. The molecule has 28 heavy (non-hydrogen) atoms. The lowest BCUT2D eigenvalue weighted by Gasteiger charge is -2.08. The molecule has 11 heteroatoms. The first-order valence-corrected chi connectivity index (χ1v) is 9.07. The fourth-order valence-electron chi connectivity index (χ4n) is 2.31. The van der Waals surface area contributed by atoms with Crippen molar-refractivity contribution in [3.05, 3.63) is 72.6 Å². The molecule has 0 bridgehead atoms. The molecule has 0 saturated carbocycles. The molecule has 0 radical (unpaired) electrons. The van der Waals surface area contributed by atoms with Gasteiger partial charge < -0.3 is 15.4 Å². The minimum atomic E-state index is -0.926. The summed E-state index contributed by atoms with van der Waals surface area (Å²) in [7, 11) is 0. The molecular weight excluding hydrogens is 408 g/mol. The van der Waals surface area contributed by atoms with Crippen LogP contribution in [-0.4, -0.2) is 25.9 Å². The zero-order chi connectivity index (χ0) is 20.4. The molecule has 3 aromatic rings. The molecule has 0 aliphatic carbocycles. The number of rotatable bonds is 5. The van der Waals surface area contributed by atoms with Crippen molar-refractivity contribution in [2.45, 2.75) is 13.5 Å². The number of H-pyrrole nitrogens is 1. The van der Waals surface area contributed by atoms with E-state index in [1.807, 2.05) is 6.92 Å². The van der Waals surface area contributed by atoms with Crippen LogP contribution in [0.3, 0.4) is 0 Å². The second-order valence-corrected chi connectivity index (χ2v) is 7.24. The van der Waals surface area contributed by atoms with Crippen LogP contribution in [0.1, 0.15) is 21.6 Å². The van der Waals surface area contributed by atoms with Crippen molar-refractivity contribution in [1.29, 1.82) is 0 Å². The Labute approximate surface area is 166 Å². The zero-order valence-electron chi connectivity index (χ0n) is 14.4. The highest BCUT2D eigenvalue weighted by atomic mass is 35.5. The number of carbonyl (C=O) groups excluding carboxylic acids is 1. The average molecular weight is 421 g/mol. The number of amides is 1. The number of aromatic nitrogens is 2. The Bertz CT molecular complexity index is 1140. The smallest absolute Gasteiger partial charge is 0.324 e. The molecule has 0 unspecified atom stereocenters. The molecular formula is C17H13ClN4O5S. The minimum Gasteiger partial charge on any atom is -0.501 e. The number of nitrogens with zero attached hydrogens (tertiary/aromatic N) is 2. The summed E-state index contributed by atoms with van der Waals surface area (Å²) in [6.07, 6.45) is 0. The summed E-state index contributed by atoms with van der Waals surface area (Å²) in [6, 6.07) is 7.93. The number of aromatic hydroxyl groups is 1. The second-order valence-electron chi connectivity index (χ2n) is 5.77. The molecule has 0 aliphatic heterocycles. The third-order valence-corrected chi connectivity index (χ3v) is 5.26. The number of hydrogen-bond donors (Lipinski definition) is 3. The largest absolute Gasteiger partial charge is 0.501 e. The van der Waals surface area contributed by atoms with Gasteiger partial charge in [0.2, 0.25) is 5.75 Å². The van der Waals surface area contributed by atoms with E-state index in [1.165, 1.54) is 12.1 Å². The summed E-state index contributed by atoms with van der Waals surface area (Å²) < 4.78 is 0. The molecule has 0 atom stereocenters. The topological polar surface area (TPSA) is 138 Å². The highest BCUT2D eigenvalue weighted by Crippen LogP contribution is 2.30. The van der Waals surface area contributed by atoms with Gasteiger partial charge in [-0.1, -0.05) is 35.1 Å². The first-order valence-electron chi connectivity index (χ1n) is 7.87. The molecule has 0 spiro atoms. The minimum absolute atomic E-state index is 0.0515. The van der Waals surface area contributed by atoms with E-state index in [4.69, 9.17) is 11.6 Å². The summed E-state index contributed by atoms with van der Waals surface area (Å²) >= 11 is 6.83. The van der Waals surface area contributed by atoms with Crippen LogP contribution < -0.4 is 10.9 Å². The van der Waals surface area contributed by atoms with Gasteiger partial charge in [0.25, 0.3) is 11.5 Å². The van der Waals surface area contributed by atoms with Crippen LogP contribution in [-0.2, 0) is 6.54 Å². The number of aromatic amines is 1. The fourth-order valence-corrected chi connectivity index (χ4v) is 3.28. The van der Waals surface area contributed by atoms with Crippen LogP contribution in [0.4, 0.5) is 5.00 Å². The van der Waals surface area contributed by atoms with E-state index in [1.54, 1.807) is 18.2 Å².